The van der Waals surface area contributed by atoms with Crippen molar-refractivity contribution in [2.24, 2.45) is 0 Å². The van der Waals surface area contributed by atoms with Crippen molar-refractivity contribution < 1.29 is 0 Å². The fourth-order valence-electron chi connectivity index (χ4n) is 1.72. The first kappa shape index (κ1) is 6.23. The van der Waals surface area contributed by atoms with E-state index in [1.807, 2.05) is 0 Å². The van der Waals surface area contributed by atoms with Crippen molar-refractivity contribution in [3.05, 3.63) is 12.3 Å². The van der Waals surface area contributed by atoms with Gasteiger partial charge in [-0.3, -0.25) is 5.32 Å². The molecule has 1 atom stereocenters. The molecule has 2 nitrogen and oxygen atoms in total. The Balaban J connectivity index is 1.91. The summed E-state index contributed by atoms with van der Waals surface area (Å²) in [4.78, 5) is 2.41. The smallest absolute Gasteiger partial charge is 0.0790 e. The number of rotatable bonds is 1. The number of nitrogens with one attached hydrogen (secondary N) is 1. The first-order valence-corrected chi connectivity index (χ1v) is 4.12. The molecule has 0 aromatic rings. The zero-order valence-corrected chi connectivity index (χ0v) is 6.21. The summed E-state index contributed by atoms with van der Waals surface area (Å²) in [5, 5.41) is 3.47. The van der Waals surface area contributed by atoms with E-state index in [1.165, 1.54) is 32.4 Å². The van der Waals surface area contributed by atoms with Crippen LogP contribution in [0.4, 0.5) is 0 Å². The molecule has 0 amide bonds. The first-order chi connectivity index (χ1) is 4.97. The Kier molecular flexibility index (Phi) is 1.63. The maximum absolute atomic E-state index is 3.47. The molecule has 2 aliphatic rings. The molecule has 0 aliphatic carbocycles. The fraction of sp³-hybridized carbons (Fsp3) is 0.750. The summed E-state index contributed by atoms with van der Waals surface area (Å²) >= 11 is 0. The van der Waals surface area contributed by atoms with Gasteiger partial charge in [-0.1, -0.05) is 6.08 Å². The van der Waals surface area contributed by atoms with E-state index in [2.05, 4.69) is 22.5 Å². The highest BCUT2D eigenvalue weighted by molar-refractivity contribution is 4.94. The normalized spacial score (nSPS) is 32.0. The van der Waals surface area contributed by atoms with E-state index in [9.17, 15) is 0 Å². The third kappa shape index (κ3) is 1.03. The van der Waals surface area contributed by atoms with Crippen LogP contribution in [0.2, 0.25) is 0 Å². The third-order valence-corrected chi connectivity index (χ3v) is 2.29. The zero-order valence-electron chi connectivity index (χ0n) is 6.21. The van der Waals surface area contributed by atoms with Crippen LogP contribution in [0.1, 0.15) is 19.3 Å². The molecule has 0 aromatic heterocycles. The molecule has 2 rings (SSSR count). The van der Waals surface area contributed by atoms with E-state index in [0.29, 0.717) is 6.17 Å². The van der Waals surface area contributed by atoms with Crippen molar-refractivity contribution in [2.45, 2.75) is 25.4 Å². The molecule has 0 aromatic carbocycles. The fourth-order valence-corrected chi connectivity index (χ4v) is 1.72. The second kappa shape index (κ2) is 2.62. The number of nitrogens with zero attached hydrogens (tertiary/aromatic N) is 1. The highest BCUT2D eigenvalue weighted by Gasteiger charge is 2.19. The standard InChI is InChI=1S/C8H14N2/c1-2-7-10(6-1)8-4-3-5-9-8/h1,6,8-9H,2-5,7H2. The maximum Gasteiger partial charge on any atom is 0.0790 e. The Morgan fingerprint density at radius 1 is 1.50 bits per heavy atom. The van der Waals surface area contributed by atoms with Gasteiger partial charge in [0.15, 0.2) is 0 Å². The lowest BCUT2D eigenvalue weighted by Crippen LogP contribution is -2.36. The van der Waals surface area contributed by atoms with Crippen molar-refractivity contribution >= 4 is 0 Å². The highest BCUT2D eigenvalue weighted by Crippen LogP contribution is 2.14. The van der Waals surface area contributed by atoms with Gasteiger partial charge in [0.1, 0.15) is 0 Å². The largest absolute Gasteiger partial charge is 0.362 e. The van der Waals surface area contributed by atoms with Crippen LogP contribution >= 0.6 is 0 Å². The predicted octanol–water partition coefficient (Wildman–Crippen LogP) is 0.915. The van der Waals surface area contributed by atoms with E-state index in [0.717, 1.165) is 0 Å². The lowest BCUT2D eigenvalue weighted by molar-refractivity contribution is 0.276. The van der Waals surface area contributed by atoms with Gasteiger partial charge in [-0.05, 0) is 32.0 Å². The number of hydrogen-bond acceptors (Lipinski definition) is 2. The van der Waals surface area contributed by atoms with Crippen molar-refractivity contribution in [3.8, 4) is 0 Å². The first-order valence-electron chi connectivity index (χ1n) is 4.12. The zero-order chi connectivity index (χ0) is 6.81. The molecule has 2 aliphatic heterocycles. The SMILES string of the molecule is C1=CN(C2CCCN2)CC1. The molecule has 10 heavy (non-hydrogen) atoms. The van der Waals surface area contributed by atoms with Crippen LogP contribution in [0.25, 0.3) is 0 Å². The van der Waals surface area contributed by atoms with E-state index in [4.69, 9.17) is 0 Å². The van der Waals surface area contributed by atoms with Crippen LogP contribution in [0.3, 0.4) is 0 Å². The van der Waals surface area contributed by atoms with Gasteiger partial charge in [-0.25, -0.2) is 0 Å². The summed E-state index contributed by atoms with van der Waals surface area (Å²) in [6.45, 7) is 2.42. The average Bonchev–Trinajstić information content (AvgIpc) is 2.59. The van der Waals surface area contributed by atoms with E-state index < -0.39 is 0 Å². The molecule has 0 spiro atoms. The van der Waals surface area contributed by atoms with Crippen LogP contribution < -0.4 is 5.32 Å². The third-order valence-electron chi connectivity index (χ3n) is 2.29. The van der Waals surface area contributed by atoms with Gasteiger partial charge in [0.25, 0.3) is 0 Å². The molecule has 0 saturated carbocycles. The van der Waals surface area contributed by atoms with E-state index in [1.54, 1.807) is 0 Å². The Morgan fingerprint density at radius 2 is 2.50 bits per heavy atom. The number of hydrogen-bond donors (Lipinski definition) is 1. The minimum absolute atomic E-state index is 0.652. The second-order valence-electron chi connectivity index (χ2n) is 3.02. The van der Waals surface area contributed by atoms with Gasteiger partial charge in [0, 0.05) is 6.54 Å². The Hall–Kier alpha value is -0.500. The minimum atomic E-state index is 0.652. The molecule has 0 bridgehead atoms. The van der Waals surface area contributed by atoms with Crippen molar-refractivity contribution in [1.29, 1.82) is 0 Å². The molecule has 2 heteroatoms. The predicted molar refractivity (Wildman–Crippen MR) is 41.5 cm³/mol. The van der Waals surface area contributed by atoms with Crippen LogP contribution in [0.15, 0.2) is 12.3 Å². The average molecular weight is 138 g/mol. The van der Waals surface area contributed by atoms with E-state index >= 15 is 0 Å². The van der Waals surface area contributed by atoms with Crippen molar-refractivity contribution in [1.82, 2.24) is 10.2 Å². The molecule has 1 unspecified atom stereocenters. The molecule has 56 valence electrons. The molecular weight excluding hydrogens is 124 g/mol. The second-order valence-corrected chi connectivity index (χ2v) is 3.02. The summed E-state index contributed by atoms with van der Waals surface area (Å²) in [6, 6.07) is 0. The van der Waals surface area contributed by atoms with Gasteiger partial charge < -0.3 is 4.90 Å². The molecule has 1 saturated heterocycles. The summed E-state index contributed by atoms with van der Waals surface area (Å²) in [6.07, 6.45) is 9.03. The van der Waals surface area contributed by atoms with Crippen LogP contribution in [0.5, 0.6) is 0 Å². The van der Waals surface area contributed by atoms with Gasteiger partial charge >= 0.3 is 0 Å². The van der Waals surface area contributed by atoms with Crippen LogP contribution in [-0.4, -0.2) is 24.2 Å². The summed E-state index contributed by atoms with van der Waals surface area (Å²) in [7, 11) is 0. The minimum Gasteiger partial charge on any atom is -0.362 e. The molecule has 2 heterocycles. The van der Waals surface area contributed by atoms with Gasteiger partial charge in [-0.2, -0.15) is 0 Å². The summed E-state index contributed by atoms with van der Waals surface area (Å²) in [5.41, 5.74) is 0. The van der Waals surface area contributed by atoms with Crippen molar-refractivity contribution in [2.75, 3.05) is 13.1 Å². The summed E-state index contributed by atoms with van der Waals surface area (Å²) in [5.74, 6) is 0. The molecule has 0 radical (unpaired) electrons. The molecule has 1 fully saturated rings. The molecule has 1 N–H and O–H groups in total. The summed E-state index contributed by atoms with van der Waals surface area (Å²) < 4.78 is 0. The highest BCUT2D eigenvalue weighted by atomic mass is 15.3. The topological polar surface area (TPSA) is 15.3 Å². The monoisotopic (exact) mass is 138 g/mol. The Bertz CT molecular complexity index is 136. The lowest BCUT2D eigenvalue weighted by atomic mass is 10.3. The van der Waals surface area contributed by atoms with E-state index in [-0.39, 0.29) is 0 Å². The maximum atomic E-state index is 3.47. The molecular formula is C8H14N2. The van der Waals surface area contributed by atoms with Gasteiger partial charge in [-0.15, -0.1) is 0 Å². The Labute approximate surface area is 61.9 Å². The van der Waals surface area contributed by atoms with Gasteiger partial charge in [0.2, 0.25) is 0 Å². The van der Waals surface area contributed by atoms with Crippen LogP contribution in [-0.2, 0) is 0 Å². The van der Waals surface area contributed by atoms with Gasteiger partial charge in [0.05, 0.1) is 6.17 Å². The van der Waals surface area contributed by atoms with Crippen molar-refractivity contribution in [3.63, 3.8) is 0 Å². The quantitative estimate of drug-likeness (QED) is 0.579. The Morgan fingerprint density at radius 3 is 3.10 bits per heavy atom. The van der Waals surface area contributed by atoms with Crippen LogP contribution in [0, 0.1) is 0 Å². The lowest BCUT2D eigenvalue weighted by Gasteiger charge is -2.23.